The molecule has 1 aromatic rings. The van der Waals surface area contributed by atoms with E-state index >= 15 is 0 Å². The first-order chi connectivity index (χ1) is 8.28. The van der Waals surface area contributed by atoms with E-state index in [2.05, 4.69) is 56.9 Å². The highest BCUT2D eigenvalue weighted by Crippen LogP contribution is 2.33. The van der Waals surface area contributed by atoms with Crippen LogP contribution in [0, 0.1) is 0 Å². The zero-order valence-corrected chi connectivity index (χ0v) is 11.7. The summed E-state index contributed by atoms with van der Waals surface area (Å²) in [6.07, 6.45) is 15.9. The smallest absolute Gasteiger partial charge is 0.0351 e. The molecule has 0 aliphatic heterocycles. The van der Waals surface area contributed by atoms with Crippen molar-refractivity contribution >= 4 is 35.6 Å². The van der Waals surface area contributed by atoms with Crippen molar-refractivity contribution in [2.45, 2.75) is 27.2 Å². The predicted molar refractivity (Wildman–Crippen MR) is 83.2 cm³/mol. The van der Waals surface area contributed by atoms with Crippen LogP contribution >= 0.6 is 11.3 Å². The number of allylic oxidation sites excluding steroid dienone is 3. The number of hydrogen-bond donors (Lipinski definition) is 0. The second-order valence-corrected chi connectivity index (χ2v) is 4.76. The maximum Gasteiger partial charge on any atom is 0.0351 e. The van der Waals surface area contributed by atoms with E-state index in [0.29, 0.717) is 0 Å². The molecule has 0 saturated carbocycles. The summed E-state index contributed by atoms with van der Waals surface area (Å²) in [5.74, 6) is 0. The van der Waals surface area contributed by atoms with Crippen molar-refractivity contribution in [2.75, 3.05) is 0 Å². The minimum absolute atomic E-state index is 1.06. The van der Waals surface area contributed by atoms with Gasteiger partial charge in [0.1, 0.15) is 0 Å². The molecule has 1 rings (SSSR count). The molecule has 1 heterocycles. The SMILES string of the molecule is C=Cc1c(/C=C\C)sc(/C=C\C)c1/C=C\CC. The second kappa shape index (κ2) is 7.08. The molecular formula is C16H20S. The zero-order chi connectivity index (χ0) is 12.7. The summed E-state index contributed by atoms with van der Waals surface area (Å²) in [5, 5.41) is 0. The summed E-state index contributed by atoms with van der Waals surface area (Å²) in [7, 11) is 0. The predicted octanol–water partition coefficient (Wildman–Crippen LogP) is 5.88. The van der Waals surface area contributed by atoms with Gasteiger partial charge in [0.05, 0.1) is 0 Å². The van der Waals surface area contributed by atoms with Crippen LogP contribution in [0.15, 0.2) is 24.8 Å². The molecule has 0 fully saturated rings. The molecule has 0 radical (unpaired) electrons. The first-order valence-electron chi connectivity index (χ1n) is 5.99. The van der Waals surface area contributed by atoms with E-state index < -0.39 is 0 Å². The lowest BCUT2D eigenvalue weighted by molar-refractivity contribution is 1.23. The Morgan fingerprint density at radius 1 is 1.00 bits per heavy atom. The third kappa shape index (κ3) is 3.31. The Kier molecular flexibility index (Phi) is 5.71. The van der Waals surface area contributed by atoms with Crippen LogP contribution in [0.5, 0.6) is 0 Å². The summed E-state index contributed by atoms with van der Waals surface area (Å²) >= 11 is 1.81. The topological polar surface area (TPSA) is 0 Å². The number of thiophene rings is 1. The summed E-state index contributed by atoms with van der Waals surface area (Å²) in [6, 6.07) is 0. The minimum atomic E-state index is 1.06. The molecule has 0 amide bonds. The van der Waals surface area contributed by atoms with Crippen LogP contribution < -0.4 is 0 Å². The van der Waals surface area contributed by atoms with E-state index in [0.717, 1.165) is 6.42 Å². The summed E-state index contributed by atoms with van der Waals surface area (Å²) in [4.78, 5) is 2.59. The Hall–Kier alpha value is -1.34. The van der Waals surface area contributed by atoms with E-state index in [1.165, 1.54) is 20.9 Å². The van der Waals surface area contributed by atoms with E-state index in [1.54, 1.807) is 0 Å². The zero-order valence-electron chi connectivity index (χ0n) is 10.9. The Morgan fingerprint density at radius 3 is 2.06 bits per heavy atom. The average molecular weight is 244 g/mol. The van der Waals surface area contributed by atoms with Crippen molar-refractivity contribution in [3.63, 3.8) is 0 Å². The lowest BCUT2D eigenvalue weighted by atomic mass is 10.1. The normalized spacial score (nSPS) is 12.2. The van der Waals surface area contributed by atoms with Crippen LogP contribution in [-0.2, 0) is 0 Å². The minimum Gasteiger partial charge on any atom is -0.135 e. The summed E-state index contributed by atoms with van der Waals surface area (Å²) < 4.78 is 0. The van der Waals surface area contributed by atoms with Gasteiger partial charge in [-0.2, -0.15) is 0 Å². The highest BCUT2D eigenvalue weighted by Gasteiger charge is 2.09. The molecule has 0 unspecified atom stereocenters. The van der Waals surface area contributed by atoms with Gasteiger partial charge in [0, 0.05) is 9.75 Å². The highest BCUT2D eigenvalue weighted by atomic mass is 32.1. The van der Waals surface area contributed by atoms with Gasteiger partial charge in [-0.3, -0.25) is 0 Å². The molecule has 0 N–H and O–H groups in total. The molecule has 0 atom stereocenters. The largest absolute Gasteiger partial charge is 0.135 e. The first kappa shape index (κ1) is 13.7. The van der Waals surface area contributed by atoms with Gasteiger partial charge >= 0.3 is 0 Å². The van der Waals surface area contributed by atoms with Gasteiger partial charge in [0.25, 0.3) is 0 Å². The number of hydrogen-bond acceptors (Lipinski definition) is 1. The molecule has 0 saturated heterocycles. The van der Waals surface area contributed by atoms with Crippen LogP contribution in [-0.4, -0.2) is 0 Å². The molecule has 90 valence electrons. The molecule has 0 nitrogen and oxygen atoms in total. The van der Waals surface area contributed by atoms with Crippen LogP contribution in [0.2, 0.25) is 0 Å². The van der Waals surface area contributed by atoms with E-state index in [1.807, 2.05) is 24.3 Å². The maximum absolute atomic E-state index is 3.93. The van der Waals surface area contributed by atoms with Gasteiger partial charge in [-0.15, -0.1) is 11.3 Å². The lowest BCUT2D eigenvalue weighted by Crippen LogP contribution is -1.77. The second-order valence-electron chi connectivity index (χ2n) is 3.67. The van der Waals surface area contributed by atoms with Crippen LogP contribution in [0.3, 0.4) is 0 Å². The van der Waals surface area contributed by atoms with Crippen LogP contribution in [0.1, 0.15) is 48.1 Å². The van der Waals surface area contributed by atoms with Crippen molar-refractivity contribution in [3.8, 4) is 0 Å². The molecule has 0 aliphatic carbocycles. The van der Waals surface area contributed by atoms with Gasteiger partial charge in [-0.1, -0.05) is 43.9 Å². The van der Waals surface area contributed by atoms with E-state index in [-0.39, 0.29) is 0 Å². The molecule has 0 aliphatic rings. The molecule has 17 heavy (non-hydrogen) atoms. The highest BCUT2D eigenvalue weighted by molar-refractivity contribution is 7.14. The Labute approximate surface area is 109 Å². The monoisotopic (exact) mass is 244 g/mol. The fourth-order valence-electron chi connectivity index (χ4n) is 1.66. The van der Waals surface area contributed by atoms with Crippen LogP contribution in [0.4, 0.5) is 0 Å². The summed E-state index contributed by atoms with van der Waals surface area (Å²) in [6.45, 7) is 10.2. The molecule has 0 aromatic carbocycles. The molecule has 1 aromatic heterocycles. The van der Waals surface area contributed by atoms with Gasteiger partial charge < -0.3 is 0 Å². The van der Waals surface area contributed by atoms with Gasteiger partial charge in [-0.05, 0) is 43.5 Å². The van der Waals surface area contributed by atoms with Crippen molar-refractivity contribution in [2.24, 2.45) is 0 Å². The Balaban J connectivity index is 3.38. The van der Waals surface area contributed by atoms with Crippen molar-refractivity contribution < 1.29 is 0 Å². The van der Waals surface area contributed by atoms with Crippen LogP contribution in [0.25, 0.3) is 24.3 Å². The Morgan fingerprint density at radius 2 is 1.59 bits per heavy atom. The quantitative estimate of drug-likeness (QED) is 0.606. The Bertz CT molecular complexity index is 456. The van der Waals surface area contributed by atoms with Gasteiger partial charge in [0.15, 0.2) is 0 Å². The average Bonchev–Trinajstić information content (AvgIpc) is 2.65. The molecule has 1 heteroatoms. The third-order valence-corrected chi connectivity index (χ3v) is 3.55. The number of rotatable bonds is 5. The third-order valence-electron chi connectivity index (χ3n) is 2.40. The maximum atomic E-state index is 3.93. The first-order valence-corrected chi connectivity index (χ1v) is 6.81. The molecule has 0 bridgehead atoms. The standard InChI is InChI=1S/C16H20S/c1-5-9-12-14-13(8-4)15(10-6-2)17-16(14)11-7-3/h6-12H,4-5H2,1-3H3/b10-6-,11-7-,12-9-. The molecule has 0 spiro atoms. The lowest BCUT2D eigenvalue weighted by Gasteiger charge is -1.96. The van der Waals surface area contributed by atoms with Gasteiger partial charge in [-0.25, -0.2) is 0 Å². The fourth-order valence-corrected chi connectivity index (χ4v) is 2.90. The van der Waals surface area contributed by atoms with Crippen molar-refractivity contribution in [3.05, 3.63) is 45.7 Å². The van der Waals surface area contributed by atoms with E-state index in [4.69, 9.17) is 0 Å². The van der Waals surface area contributed by atoms with Crippen molar-refractivity contribution in [1.29, 1.82) is 0 Å². The van der Waals surface area contributed by atoms with Gasteiger partial charge in [0.2, 0.25) is 0 Å². The molecular weight excluding hydrogens is 224 g/mol. The van der Waals surface area contributed by atoms with E-state index in [9.17, 15) is 0 Å². The fraction of sp³-hybridized carbons (Fsp3) is 0.250. The summed E-state index contributed by atoms with van der Waals surface area (Å²) in [5.41, 5.74) is 2.53. The van der Waals surface area contributed by atoms with Crippen molar-refractivity contribution in [1.82, 2.24) is 0 Å².